The van der Waals surface area contributed by atoms with Crippen LogP contribution in [0.5, 0.6) is 5.75 Å². The number of halogens is 2. The molecule has 1 heterocycles. The maximum atomic E-state index is 13.5. The van der Waals surface area contributed by atoms with Gasteiger partial charge < -0.3 is 10.4 Å². The summed E-state index contributed by atoms with van der Waals surface area (Å²) >= 11 is 6.43. The number of pyridine rings is 1. The predicted octanol–water partition coefficient (Wildman–Crippen LogP) is 5.18. The highest BCUT2D eigenvalue weighted by Crippen LogP contribution is 2.38. The molecule has 0 saturated carbocycles. The third kappa shape index (κ3) is 4.11. The topological polar surface area (TPSA) is 62.2 Å². The van der Waals surface area contributed by atoms with E-state index >= 15 is 0 Å². The van der Waals surface area contributed by atoms with Gasteiger partial charge in [0.1, 0.15) is 17.1 Å². The molecule has 0 saturated heterocycles. The average Bonchev–Trinajstić information content (AvgIpc) is 2.76. The minimum Gasteiger partial charge on any atom is -0.505 e. The highest BCUT2D eigenvalue weighted by Gasteiger charge is 2.23. The van der Waals surface area contributed by atoms with Crippen LogP contribution in [0.3, 0.4) is 0 Å². The summed E-state index contributed by atoms with van der Waals surface area (Å²) in [6, 6.07) is 19.4. The van der Waals surface area contributed by atoms with Crippen molar-refractivity contribution in [2.45, 2.75) is 12.5 Å². The summed E-state index contributed by atoms with van der Waals surface area (Å²) in [5.41, 5.74) is 2.19. The van der Waals surface area contributed by atoms with Gasteiger partial charge >= 0.3 is 0 Å². The molecule has 150 valence electrons. The van der Waals surface area contributed by atoms with Gasteiger partial charge in [0.2, 0.25) is 5.91 Å². The molecule has 1 atom stereocenters. The van der Waals surface area contributed by atoms with Crippen molar-refractivity contribution in [3.05, 3.63) is 107 Å². The Hall–Kier alpha value is -3.44. The van der Waals surface area contributed by atoms with Gasteiger partial charge in [0.25, 0.3) is 0 Å². The monoisotopic (exact) mass is 420 g/mol. The van der Waals surface area contributed by atoms with Gasteiger partial charge in [0, 0.05) is 17.1 Å². The number of aromatic nitrogens is 1. The van der Waals surface area contributed by atoms with Crippen molar-refractivity contribution in [2.75, 3.05) is 0 Å². The predicted molar refractivity (Wildman–Crippen MR) is 115 cm³/mol. The molecule has 1 unspecified atom stereocenters. The minimum absolute atomic E-state index is 0.0793. The van der Waals surface area contributed by atoms with Gasteiger partial charge in [-0.2, -0.15) is 0 Å². The van der Waals surface area contributed by atoms with Crippen LogP contribution in [0.2, 0.25) is 5.02 Å². The second-order valence-corrected chi connectivity index (χ2v) is 7.32. The lowest BCUT2D eigenvalue weighted by Gasteiger charge is -2.22. The van der Waals surface area contributed by atoms with E-state index in [0.717, 1.165) is 5.56 Å². The number of phenols is 1. The molecular formula is C24H18ClFN2O2. The molecule has 30 heavy (non-hydrogen) atoms. The SMILES string of the molecule is O=C(Cc1ccccc1)NC(c1ccc(F)cc1)c1cc(Cl)c2cccnc2c1O. The first-order chi connectivity index (χ1) is 14.5. The van der Waals surface area contributed by atoms with E-state index in [1.807, 2.05) is 30.3 Å². The van der Waals surface area contributed by atoms with Crippen LogP contribution in [-0.4, -0.2) is 16.0 Å². The van der Waals surface area contributed by atoms with E-state index in [-0.39, 0.29) is 18.1 Å². The van der Waals surface area contributed by atoms with E-state index in [4.69, 9.17) is 11.6 Å². The lowest BCUT2D eigenvalue weighted by atomic mass is 9.95. The number of carbonyl (C=O) groups excluding carboxylic acids is 1. The first-order valence-corrected chi connectivity index (χ1v) is 9.75. The van der Waals surface area contributed by atoms with E-state index in [9.17, 15) is 14.3 Å². The first-order valence-electron chi connectivity index (χ1n) is 9.38. The number of hydrogen-bond acceptors (Lipinski definition) is 3. The van der Waals surface area contributed by atoms with Gasteiger partial charge in [-0.15, -0.1) is 0 Å². The minimum atomic E-state index is -0.731. The maximum absolute atomic E-state index is 13.5. The Balaban J connectivity index is 1.76. The van der Waals surface area contributed by atoms with E-state index in [0.29, 0.717) is 27.1 Å². The molecule has 1 aromatic heterocycles. The molecule has 4 nitrogen and oxygen atoms in total. The zero-order valence-corrected chi connectivity index (χ0v) is 16.6. The van der Waals surface area contributed by atoms with Gasteiger partial charge in [-0.25, -0.2) is 4.39 Å². The molecule has 0 radical (unpaired) electrons. The second-order valence-electron chi connectivity index (χ2n) is 6.91. The molecule has 3 aromatic carbocycles. The van der Waals surface area contributed by atoms with Gasteiger partial charge in [-0.1, -0.05) is 54.1 Å². The molecule has 1 amide bonds. The van der Waals surface area contributed by atoms with Crippen molar-refractivity contribution in [1.82, 2.24) is 10.3 Å². The van der Waals surface area contributed by atoms with Crippen LogP contribution < -0.4 is 5.32 Å². The molecule has 6 heteroatoms. The van der Waals surface area contributed by atoms with Crippen LogP contribution >= 0.6 is 11.6 Å². The molecule has 0 aliphatic rings. The molecule has 0 spiro atoms. The molecule has 0 fully saturated rings. The lowest BCUT2D eigenvalue weighted by molar-refractivity contribution is -0.120. The maximum Gasteiger partial charge on any atom is 0.225 e. The number of aromatic hydroxyl groups is 1. The van der Waals surface area contributed by atoms with Crippen LogP contribution in [0, 0.1) is 5.82 Å². The average molecular weight is 421 g/mol. The smallest absolute Gasteiger partial charge is 0.225 e. The van der Waals surface area contributed by atoms with E-state index < -0.39 is 11.9 Å². The molecule has 2 N–H and O–H groups in total. The van der Waals surface area contributed by atoms with Gasteiger partial charge in [-0.3, -0.25) is 9.78 Å². The van der Waals surface area contributed by atoms with Crippen molar-refractivity contribution >= 4 is 28.4 Å². The molecule has 4 aromatic rings. The fraction of sp³-hybridized carbons (Fsp3) is 0.0833. The number of fused-ring (bicyclic) bond motifs is 1. The second kappa shape index (κ2) is 8.51. The summed E-state index contributed by atoms with van der Waals surface area (Å²) in [5.74, 6) is -0.716. The van der Waals surface area contributed by atoms with Crippen LogP contribution in [0.25, 0.3) is 10.9 Å². The standard InChI is InChI=1S/C24H18ClFN2O2/c25-20-14-19(24(30)23-18(20)7-4-12-27-23)22(16-8-10-17(26)11-9-16)28-21(29)13-15-5-2-1-3-6-15/h1-12,14,22,30H,13H2,(H,28,29). The van der Waals surface area contributed by atoms with Gasteiger partial charge in [-0.05, 0) is 41.5 Å². The molecule has 0 aliphatic carbocycles. The fourth-order valence-electron chi connectivity index (χ4n) is 3.42. The Morgan fingerprint density at radius 3 is 2.53 bits per heavy atom. The Kier molecular flexibility index (Phi) is 5.63. The van der Waals surface area contributed by atoms with E-state index in [1.54, 1.807) is 36.5 Å². The number of rotatable bonds is 5. The number of nitrogens with zero attached hydrogens (tertiary/aromatic N) is 1. The van der Waals surface area contributed by atoms with Crippen molar-refractivity contribution in [1.29, 1.82) is 0 Å². The number of amides is 1. The summed E-state index contributed by atoms with van der Waals surface area (Å²) in [7, 11) is 0. The third-order valence-corrected chi connectivity index (χ3v) is 5.18. The molecular weight excluding hydrogens is 403 g/mol. The highest BCUT2D eigenvalue weighted by atomic mass is 35.5. The first kappa shape index (κ1) is 19.9. The summed E-state index contributed by atoms with van der Waals surface area (Å²) in [6.07, 6.45) is 1.72. The van der Waals surface area contributed by atoms with E-state index in [2.05, 4.69) is 10.3 Å². The van der Waals surface area contributed by atoms with Crippen LogP contribution in [-0.2, 0) is 11.2 Å². The van der Waals surface area contributed by atoms with Crippen LogP contribution in [0.4, 0.5) is 4.39 Å². The van der Waals surface area contributed by atoms with Crippen LogP contribution in [0.15, 0.2) is 79.0 Å². The normalized spacial score (nSPS) is 11.9. The van der Waals surface area contributed by atoms with Crippen molar-refractivity contribution in [3.8, 4) is 5.75 Å². The Labute approximate surface area is 178 Å². The summed E-state index contributed by atoms with van der Waals surface area (Å²) < 4.78 is 13.5. The highest BCUT2D eigenvalue weighted by molar-refractivity contribution is 6.35. The van der Waals surface area contributed by atoms with Crippen molar-refractivity contribution in [2.24, 2.45) is 0 Å². The molecule has 4 rings (SSSR count). The van der Waals surface area contributed by atoms with Gasteiger partial charge in [0.05, 0.1) is 17.5 Å². The number of hydrogen-bond donors (Lipinski definition) is 2. The van der Waals surface area contributed by atoms with Crippen molar-refractivity contribution in [3.63, 3.8) is 0 Å². The lowest BCUT2D eigenvalue weighted by Crippen LogP contribution is -2.30. The largest absolute Gasteiger partial charge is 0.505 e. The van der Waals surface area contributed by atoms with E-state index in [1.165, 1.54) is 12.1 Å². The number of carbonyl (C=O) groups is 1. The number of benzene rings is 3. The Morgan fingerprint density at radius 1 is 1.07 bits per heavy atom. The zero-order chi connectivity index (χ0) is 21.1. The van der Waals surface area contributed by atoms with Crippen molar-refractivity contribution < 1.29 is 14.3 Å². The number of nitrogens with one attached hydrogen (secondary N) is 1. The number of phenolic OH excluding ortho intramolecular Hbond substituents is 1. The Morgan fingerprint density at radius 2 is 1.80 bits per heavy atom. The molecule has 0 aliphatic heterocycles. The third-order valence-electron chi connectivity index (χ3n) is 4.87. The quantitative estimate of drug-likeness (QED) is 0.467. The summed E-state index contributed by atoms with van der Waals surface area (Å²) in [5, 5.41) is 14.9. The van der Waals surface area contributed by atoms with Gasteiger partial charge in [0.15, 0.2) is 0 Å². The summed E-state index contributed by atoms with van der Waals surface area (Å²) in [6.45, 7) is 0. The summed E-state index contributed by atoms with van der Waals surface area (Å²) in [4.78, 5) is 17.0. The van der Waals surface area contributed by atoms with Crippen LogP contribution in [0.1, 0.15) is 22.7 Å². The fourth-order valence-corrected chi connectivity index (χ4v) is 3.69. The molecule has 0 bridgehead atoms. The Bertz CT molecular complexity index is 1200. The zero-order valence-electron chi connectivity index (χ0n) is 15.8.